The molecule has 3 heteroatoms. The van der Waals surface area contributed by atoms with Crippen molar-refractivity contribution in [2.24, 2.45) is 5.92 Å². The van der Waals surface area contributed by atoms with Crippen LogP contribution < -0.4 is 5.32 Å². The molecule has 18 heavy (non-hydrogen) atoms. The summed E-state index contributed by atoms with van der Waals surface area (Å²) in [6.45, 7) is 7.73. The minimum absolute atomic E-state index is 0.652. The lowest BCUT2D eigenvalue weighted by molar-refractivity contribution is 0.284. The van der Waals surface area contributed by atoms with E-state index in [0.29, 0.717) is 6.04 Å². The number of aromatic nitrogens is 2. The molecule has 1 aliphatic rings. The van der Waals surface area contributed by atoms with Gasteiger partial charge >= 0.3 is 0 Å². The van der Waals surface area contributed by atoms with E-state index < -0.39 is 0 Å². The Balaban J connectivity index is 2.05. The van der Waals surface area contributed by atoms with Crippen LogP contribution in [0.1, 0.15) is 64.1 Å². The molecule has 1 heterocycles. The van der Waals surface area contributed by atoms with Crippen LogP contribution in [0.25, 0.3) is 0 Å². The first-order chi connectivity index (χ1) is 8.70. The molecule has 102 valence electrons. The third-order valence-electron chi connectivity index (χ3n) is 3.97. The fraction of sp³-hybridized carbons (Fsp3) is 0.800. The van der Waals surface area contributed by atoms with Crippen molar-refractivity contribution in [2.75, 3.05) is 11.9 Å². The minimum Gasteiger partial charge on any atom is -0.356 e. The van der Waals surface area contributed by atoms with Crippen molar-refractivity contribution in [3.63, 3.8) is 0 Å². The summed E-state index contributed by atoms with van der Waals surface area (Å²) in [5.74, 6) is 1.94. The second-order valence-corrected chi connectivity index (χ2v) is 5.82. The van der Waals surface area contributed by atoms with Crippen molar-refractivity contribution in [1.82, 2.24) is 9.55 Å². The highest BCUT2D eigenvalue weighted by atomic mass is 15.2. The number of aryl methyl sites for hydroxylation is 1. The predicted molar refractivity (Wildman–Crippen MR) is 77.0 cm³/mol. The van der Waals surface area contributed by atoms with Crippen LogP contribution in [0.4, 0.5) is 5.95 Å². The first kappa shape index (κ1) is 13.4. The van der Waals surface area contributed by atoms with Gasteiger partial charge in [0, 0.05) is 18.8 Å². The highest BCUT2D eigenvalue weighted by Gasteiger charge is 2.22. The van der Waals surface area contributed by atoms with Gasteiger partial charge in [-0.3, -0.25) is 0 Å². The molecule has 1 aliphatic carbocycles. The Morgan fingerprint density at radius 3 is 3.00 bits per heavy atom. The maximum atomic E-state index is 4.63. The van der Waals surface area contributed by atoms with Gasteiger partial charge < -0.3 is 9.88 Å². The fourth-order valence-corrected chi connectivity index (χ4v) is 2.96. The highest BCUT2D eigenvalue weighted by molar-refractivity contribution is 5.29. The summed E-state index contributed by atoms with van der Waals surface area (Å²) >= 11 is 0. The zero-order valence-electron chi connectivity index (χ0n) is 12.1. The summed E-state index contributed by atoms with van der Waals surface area (Å²) in [7, 11) is 0. The van der Waals surface area contributed by atoms with Crippen molar-refractivity contribution in [3.05, 3.63) is 11.9 Å². The van der Waals surface area contributed by atoms with Crippen LogP contribution in [-0.2, 0) is 0 Å². The largest absolute Gasteiger partial charge is 0.356 e. The van der Waals surface area contributed by atoms with Gasteiger partial charge in [-0.05, 0) is 32.1 Å². The molecule has 0 bridgehead atoms. The van der Waals surface area contributed by atoms with Crippen molar-refractivity contribution >= 4 is 5.95 Å². The maximum Gasteiger partial charge on any atom is 0.203 e. The molecule has 2 unspecified atom stereocenters. The van der Waals surface area contributed by atoms with Gasteiger partial charge in [0.2, 0.25) is 5.95 Å². The van der Waals surface area contributed by atoms with Crippen LogP contribution in [0.5, 0.6) is 0 Å². The Labute approximate surface area is 111 Å². The van der Waals surface area contributed by atoms with Crippen LogP contribution in [0.2, 0.25) is 0 Å². The number of nitrogens with zero attached hydrogens (tertiary/aromatic N) is 2. The third kappa shape index (κ3) is 3.27. The Morgan fingerprint density at radius 2 is 2.28 bits per heavy atom. The predicted octanol–water partition coefficient (Wildman–Crippen LogP) is 4.15. The topological polar surface area (TPSA) is 29.9 Å². The summed E-state index contributed by atoms with van der Waals surface area (Å²) in [5.41, 5.74) is 1.13. The number of rotatable bonds is 5. The number of hydrogen-bond donors (Lipinski definition) is 1. The number of anilines is 1. The molecular formula is C15H27N3. The van der Waals surface area contributed by atoms with Gasteiger partial charge in [0.05, 0.1) is 5.69 Å². The molecule has 1 aromatic rings. The molecule has 2 rings (SSSR count). The number of nitrogens with one attached hydrogen (secondary N) is 1. The van der Waals surface area contributed by atoms with E-state index in [2.05, 4.69) is 41.8 Å². The molecule has 1 aromatic heterocycles. The molecule has 1 saturated carbocycles. The van der Waals surface area contributed by atoms with E-state index in [9.17, 15) is 0 Å². The molecular weight excluding hydrogens is 222 g/mol. The second kappa shape index (κ2) is 6.26. The first-order valence-corrected chi connectivity index (χ1v) is 7.50. The van der Waals surface area contributed by atoms with E-state index in [0.717, 1.165) is 24.1 Å². The standard InChI is InChI=1S/C15H27N3/c1-4-5-9-16-15-17-13(3)11-18(15)14-8-6-7-12(2)10-14/h11-12,14H,4-10H2,1-3H3,(H,16,17). The zero-order valence-corrected chi connectivity index (χ0v) is 12.1. The van der Waals surface area contributed by atoms with Crippen molar-refractivity contribution in [1.29, 1.82) is 0 Å². The normalized spacial score (nSPS) is 24.2. The summed E-state index contributed by atoms with van der Waals surface area (Å²) in [6.07, 6.45) is 10.0. The summed E-state index contributed by atoms with van der Waals surface area (Å²) < 4.78 is 2.39. The first-order valence-electron chi connectivity index (χ1n) is 7.50. The van der Waals surface area contributed by atoms with Gasteiger partial charge in [-0.1, -0.05) is 33.1 Å². The van der Waals surface area contributed by atoms with Gasteiger partial charge in [-0.15, -0.1) is 0 Å². The number of imidazole rings is 1. The average Bonchev–Trinajstić information content (AvgIpc) is 2.71. The molecule has 3 nitrogen and oxygen atoms in total. The van der Waals surface area contributed by atoms with Crippen LogP contribution >= 0.6 is 0 Å². The van der Waals surface area contributed by atoms with Crippen LogP contribution in [0.3, 0.4) is 0 Å². The lowest BCUT2D eigenvalue weighted by Gasteiger charge is -2.29. The van der Waals surface area contributed by atoms with Gasteiger partial charge in [0.25, 0.3) is 0 Å². The van der Waals surface area contributed by atoms with E-state index in [1.54, 1.807) is 0 Å². The van der Waals surface area contributed by atoms with E-state index in [1.165, 1.54) is 38.5 Å². The smallest absolute Gasteiger partial charge is 0.203 e. The second-order valence-electron chi connectivity index (χ2n) is 5.82. The SMILES string of the molecule is CCCCNc1nc(C)cn1C1CCCC(C)C1. The van der Waals surface area contributed by atoms with Crippen LogP contribution in [-0.4, -0.2) is 16.1 Å². The molecule has 0 aliphatic heterocycles. The van der Waals surface area contributed by atoms with Crippen LogP contribution in [0.15, 0.2) is 6.20 Å². The van der Waals surface area contributed by atoms with Crippen molar-refractivity contribution in [2.45, 2.75) is 65.3 Å². The highest BCUT2D eigenvalue weighted by Crippen LogP contribution is 2.34. The summed E-state index contributed by atoms with van der Waals surface area (Å²) in [6, 6.07) is 0.652. The number of unbranched alkanes of at least 4 members (excludes halogenated alkanes) is 1. The van der Waals surface area contributed by atoms with Gasteiger partial charge in [0.1, 0.15) is 0 Å². The number of hydrogen-bond acceptors (Lipinski definition) is 2. The van der Waals surface area contributed by atoms with Crippen molar-refractivity contribution < 1.29 is 0 Å². The molecule has 0 amide bonds. The fourth-order valence-electron chi connectivity index (χ4n) is 2.96. The van der Waals surface area contributed by atoms with Gasteiger partial charge in [-0.2, -0.15) is 0 Å². The molecule has 1 fully saturated rings. The average molecular weight is 249 g/mol. The molecule has 1 N–H and O–H groups in total. The summed E-state index contributed by atoms with van der Waals surface area (Å²) in [4.78, 5) is 4.63. The monoisotopic (exact) mass is 249 g/mol. The maximum absolute atomic E-state index is 4.63. The van der Waals surface area contributed by atoms with Gasteiger partial charge in [0.15, 0.2) is 0 Å². The Kier molecular flexibility index (Phi) is 4.67. The Bertz CT molecular complexity index is 370. The summed E-state index contributed by atoms with van der Waals surface area (Å²) in [5, 5.41) is 3.50. The molecule has 2 atom stereocenters. The Morgan fingerprint density at radius 1 is 1.44 bits per heavy atom. The minimum atomic E-state index is 0.652. The molecule has 0 radical (unpaired) electrons. The van der Waals surface area contributed by atoms with E-state index in [4.69, 9.17) is 0 Å². The molecule has 0 spiro atoms. The van der Waals surface area contributed by atoms with Gasteiger partial charge in [-0.25, -0.2) is 4.98 Å². The van der Waals surface area contributed by atoms with E-state index in [1.807, 2.05) is 0 Å². The lowest BCUT2D eigenvalue weighted by atomic mass is 9.87. The van der Waals surface area contributed by atoms with E-state index >= 15 is 0 Å². The lowest BCUT2D eigenvalue weighted by Crippen LogP contribution is -2.19. The molecule has 0 aromatic carbocycles. The molecule has 0 saturated heterocycles. The zero-order chi connectivity index (χ0) is 13.0. The van der Waals surface area contributed by atoms with E-state index in [-0.39, 0.29) is 0 Å². The Hall–Kier alpha value is -0.990. The third-order valence-corrected chi connectivity index (χ3v) is 3.97. The van der Waals surface area contributed by atoms with Crippen molar-refractivity contribution in [3.8, 4) is 0 Å². The quantitative estimate of drug-likeness (QED) is 0.794. The van der Waals surface area contributed by atoms with Crippen LogP contribution in [0, 0.1) is 12.8 Å².